The maximum Gasteiger partial charge on any atom is 0 e. The van der Waals surface area contributed by atoms with Crippen molar-refractivity contribution in [1.29, 1.82) is 0 Å². The van der Waals surface area contributed by atoms with Gasteiger partial charge in [0, 0.05) is 19.5 Å². The van der Waals surface area contributed by atoms with Gasteiger partial charge >= 0.3 is 0 Å². The second-order valence-electron chi connectivity index (χ2n) is 10.5. The monoisotopic (exact) mass is 806 g/mol. The predicted octanol–water partition coefficient (Wildman–Crippen LogP) is 4.02. The zero-order chi connectivity index (χ0) is 34.6. The van der Waals surface area contributed by atoms with E-state index < -0.39 is 26.1 Å². The Bertz CT molecular complexity index is 1470. The first-order chi connectivity index (χ1) is 23.9. The van der Waals surface area contributed by atoms with Crippen LogP contribution in [-0.2, 0) is 19.5 Å². The fraction of sp³-hybridized carbons (Fsp3) is 0.0476. The van der Waals surface area contributed by atoms with Crippen molar-refractivity contribution < 1.29 is 48.4 Å². The van der Waals surface area contributed by atoms with Gasteiger partial charge in [0.25, 0.3) is 0 Å². The zero-order valence-electron chi connectivity index (χ0n) is 27.3. The molecular weight excluding hydrogens is 769 g/mol. The zero-order valence-corrected chi connectivity index (χ0v) is 31.5. The van der Waals surface area contributed by atoms with Crippen LogP contribution in [0.4, 0.5) is 0 Å². The molecule has 0 amide bonds. The molecule has 0 spiro atoms. The van der Waals surface area contributed by atoms with Crippen LogP contribution in [0, 0.1) is 10.2 Å². The molecule has 0 unspecified atom stereocenters. The largest absolute Gasteiger partial charge is 0.222 e. The van der Waals surface area contributed by atoms with Crippen molar-refractivity contribution in [2.24, 2.45) is 0 Å². The molecule has 0 aromatic heterocycles. The molecular formula is C42H38ClO4P2Rh-. The van der Waals surface area contributed by atoms with Gasteiger partial charge in [-0.25, -0.2) is 18.6 Å². The average molecular weight is 807 g/mol. The molecule has 0 N–H and O–H groups in total. The molecule has 6 aromatic rings. The van der Waals surface area contributed by atoms with E-state index in [1.54, 1.807) is 0 Å². The van der Waals surface area contributed by atoms with Gasteiger partial charge in [0.15, 0.2) is 0 Å². The van der Waals surface area contributed by atoms with Crippen LogP contribution in [0.1, 0.15) is 12.8 Å². The van der Waals surface area contributed by atoms with Crippen molar-refractivity contribution in [2.75, 3.05) is 0 Å². The summed E-state index contributed by atoms with van der Waals surface area (Å²) in [5.41, 5.74) is 0. The SMILES string of the molecule is C1=CCCC=C1.[O-][Cl+3]([O-])([O-])[O-].[Rh].c1ccc(P(c2ccccc2)c2ccccc2)cc1.c1ccc(P(c2ccccc2)c2ccccc2)cc1. The van der Waals surface area contributed by atoms with Gasteiger partial charge in [-0.2, -0.15) is 0 Å². The van der Waals surface area contributed by atoms with Crippen molar-refractivity contribution in [2.45, 2.75) is 12.8 Å². The number of halogens is 1. The van der Waals surface area contributed by atoms with Crippen LogP contribution < -0.4 is 50.5 Å². The van der Waals surface area contributed by atoms with Crippen LogP contribution in [0.25, 0.3) is 0 Å². The molecule has 0 heterocycles. The van der Waals surface area contributed by atoms with Gasteiger partial charge in [0.1, 0.15) is 0 Å². The van der Waals surface area contributed by atoms with Gasteiger partial charge in [-0.15, -0.1) is 10.2 Å². The van der Waals surface area contributed by atoms with Crippen LogP contribution in [0.15, 0.2) is 206 Å². The third-order valence-electron chi connectivity index (χ3n) is 6.97. The fourth-order valence-corrected chi connectivity index (χ4v) is 9.51. The topological polar surface area (TPSA) is 92.2 Å². The minimum absolute atomic E-state index is 0. The van der Waals surface area contributed by atoms with E-state index in [9.17, 15) is 0 Å². The van der Waals surface area contributed by atoms with Gasteiger partial charge in [-0.3, -0.25) is 0 Å². The summed E-state index contributed by atoms with van der Waals surface area (Å²) >= 11 is 0. The Hall–Kier alpha value is -3.59. The van der Waals surface area contributed by atoms with Gasteiger partial charge in [0.2, 0.25) is 0 Å². The third kappa shape index (κ3) is 15.1. The molecule has 7 rings (SSSR count). The van der Waals surface area contributed by atoms with Crippen LogP contribution in [0.3, 0.4) is 0 Å². The van der Waals surface area contributed by atoms with Gasteiger partial charge in [-0.05, 0) is 60.5 Å². The maximum absolute atomic E-state index is 8.49. The number of hydrogen-bond acceptors (Lipinski definition) is 4. The maximum atomic E-state index is 8.49. The molecule has 50 heavy (non-hydrogen) atoms. The number of hydrogen-bond donors (Lipinski definition) is 0. The van der Waals surface area contributed by atoms with E-state index in [2.05, 4.69) is 206 Å². The summed E-state index contributed by atoms with van der Waals surface area (Å²) in [6, 6.07) is 64.7. The summed E-state index contributed by atoms with van der Waals surface area (Å²) in [7, 11) is -5.84. The molecule has 4 nitrogen and oxygen atoms in total. The quantitative estimate of drug-likeness (QED) is 0.188. The Balaban J connectivity index is 0.000000205. The second-order valence-corrected chi connectivity index (χ2v) is 15.7. The Kier molecular flexibility index (Phi) is 18.8. The molecule has 0 fully saturated rings. The first-order valence-corrected chi connectivity index (χ1v) is 19.7. The molecule has 6 aromatic carbocycles. The minimum Gasteiger partial charge on any atom is -0.222 e. The fourth-order valence-electron chi connectivity index (χ4n) is 4.90. The van der Waals surface area contributed by atoms with Gasteiger partial charge in [0.05, 0.1) is 0 Å². The summed E-state index contributed by atoms with van der Waals surface area (Å²) in [6.45, 7) is 0. The molecule has 0 bridgehead atoms. The molecule has 0 aliphatic heterocycles. The number of rotatable bonds is 6. The Morgan fingerprint density at radius 2 is 0.480 bits per heavy atom. The molecule has 1 radical (unpaired) electrons. The van der Waals surface area contributed by atoms with Crippen molar-refractivity contribution in [3.8, 4) is 0 Å². The smallest absolute Gasteiger partial charge is 0 e. The summed E-state index contributed by atoms with van der Waals surface area (Å²) in [5.74, 6) is 0. The minimum atomic E-state index is -4.94. The van der Waals surface area contributed by atoms with E-state index in [1.807, 2.05) is 0 Å². The van der Waals surface area contributed by atoms with E-state index in [-0.39, 0.29) is 19.5 Å². The summed E-state index contributed by atoms with van der Waals surface area (Å²) in [4.78, 5) is 0. The van der Waals surface area contributed by atoms with E-state index in [4.69, 9.17) is 18.6 Å². The summed E-state index contributed by atoms with van der Waals surface area (Å²) < 4.78 is 34.0. The molecule has 257 valence electrons. The Labute approximate surface area is 313 Å². The number of benzene rings is 6. The normalized spacial score (nSPS) is 11.5. The molecule has 0 saturated carbocycles. The molecule has 1 aliphatic rings. The first kappa shape index (κ1) is 40.8. The molecule has 0 saturated heterocycles. The van der Waals surface area contributed by atoms with E-state index in [1.165, 1.54) is 44.7 Å². The van der Waals surface area contributed by atoms with Crippen LogP contribution in [0.2, 0.25) is 0 Å². The molecule has 8 heteroatoms. The standard InChI is InChI=1S/2C18H15P.C6H8.ClHO4.Rh/c2*1-4-10-16(11-5-1)19(17-12-6-2-7-13-17)18-14-8-3-9-15-18;1-2-4-6-5-3-1;2-1(3,4)5;/h2*1-15H;1-4H,5-6H2;(H,2,3,4,5);/p-1. The summed E-state index contributed by atoms with van der Waals surface area (Å²) in [6.07, 6.45) is 11.0. The first-order valence-electron chi connectivity index (χ1n) is 15.7. The number of allylic oxidation sites excluding steroid dienone is 4. The van der Waals surface area contributed by atoms with E-state index >= 15 is 0 Å². The van der Waals surface area contributed by atoms with Crippen molar-refractivity contribution in [3.05, 3.63) is 206 Å². The van der Waals surface area contributed by atoms with Crippen molar-refractivity contribution in [1.82, 2.24) is 0 Å². The van der Waals surface area contributed by atoms with Crippen LogP contribution in [0.5, 0.6) is 0 Å². The van der Waals surface area contributed by atoms with Crippen LogP contribution >= 0.6 is 15.8 Å². The van der Waals surface area contributed by atoms with Gasteiger partial charge in [-0.1, -0.05) is 206 Å². The summed E-state index contributed by atoms with van der Waals surface area (Å²) in [5, 5.41) is 8.39. The Morgan fingerprint density at radius 1 is 0.320 bits per heavy atom. The van der Waals surface area contributed by atoms with E-state index in [0.29, 0.717) is 0 Å². The van der Waals surface area contributed by atoms with E-state index in [0.717, 1.165) is 0 Å². The third-order valence-corrected chi connectivity index (χ3v) is 11.9. The van der Waals surface area contributed by atoms with Crippen molar-refractivity contribution in [3.63, 3.8) is 0 Å². The molecule has 1 aliphatic carbocycles. The van der Waals surface area contributed by atoms with Gasteiger partial charge < -0.3 is 0 Å². The predicted molar refractivity (Wildman–Crippen MR) is 198 cm³/mol. The average Bonchev–Trinajstić information content (AvgIpc) is 3.15. The van der Waals surface area contributed by atoms with Crippen molar-refractivity contribution >= 4 is 47.7 Å². The molecule has 0 atom stereocenters. The van der Waals surface area contributed by atoms with Crippen LogP contribution in [-0.4, -0.2) is 0 Å². The Morgan fingerprint density at radius 3 is 0.600 bits per heavy atom. The second kappa shape index (κ2) is 23.0.